The average Bonchev–Trinajstić information content (AvgIpc) is 3.31. The zero-order valence-electron chi connectivity index (χ0n) is 19.3. The summed E-state index contributed by atoms with van der Waals surface area (Å²) >= 11 is 1.29. The number of rotatable bonds is 10. The number of fused-ring (bicyclic) bond motifs is 1. The summed E-state index contributed by atoms with van der Waals surface area (Å²) in [6, 6.07) is -1.42. The second-order valence-electron chi connectivity index (χ2n) is 7.51. The van der Waals surface area contributed by atoms with Gasteiger partial charge in [-0.05, 0) is 6.92 Å². The molecule has 4 heterocycles. The first-order chi connectivity index (χ1) is 17.8. The molecule has 4 rings (SSSR count). The molecule has 0 saturated carbocycles. The van der Waals surface area contributed by atoms with Gasteiger partial charge in [-0.3, -0.25) is 19.5 Å². The highest BCUT2D eigenvalue weighted by Crippen LogP contribution is 2.40. The van der Waals surface area contributed by atoms with Crippen molar-refractivity contribution in [1.82, 2.24) is 25.3 Å². The zero-order valence-corrected chi connectivity index (χ0v) is 20.1. The number of aliphatic carboxylic acids is 1. The number of carboxylic acids is 1. The molecule has 1 saturated heterocycles. The maximum atomic E-state index is 13.0. The summed E-state index contributed by atoms with van der Waals surface area (Å²) in [6.07, 6.45) is 6.49. The summed E-state index contributed by atoms with van der Waals surface area (Å²) in [6.45, 7) is 1.38. The highest BCUT2D eigenvalue weighted by Gasteiger charge is 2.55. The van der Waals surface area contributed by atoms with Crippen LogP contribution in [-0.4, -0.2) is 85.0 Å². The van der Waals surface area contributed by atoms with Crippen LogP contribution in [0.3, 0.4) is 0 Å². The molecule has 2 aromatic rings. The van der Waals surface area contributed by atoms with Gasteiger partial charge in [-0.25, -0.2) is 9.59 Å². The number of nitrogens with two attached hydrogens (primary N) is 1. The summed E-state index contributed by atoms with van der Waals surface area (Å²) in [5.74, 6) is -3.58. The van der Waals surface area contributed by atoms with Gasteiger partial charge >= 0.3 is 18.0 Å². The number of nitrogens with zero attached hydrogens (tertiary/aromatic N) is 6. The number of amides is 2. The van der Waals surface area contributed by atoms with Crippen molar-refractivity contribution in [3.8, 4) is 0 Å². The van der Waals surface area contributed by atoms with Crippen LogP contribution >= 0.6 is 11.8 Å². The van der Waals surface area contributed by atoms with E-state index in [1.54, 1.807) is 36.3 Å². The van der Waals surface area contributed by atoms with Gasteiger partial charge in [-0.2, -0.15) is 9.55 Å². The molecule has 1 fully saturated rings. The fraction of sp³-hybridized carbons (Fsp3) is 0.350. The lowest BCUT2D eigenvalue weighted by atomic mass is 10.0. The Morgan fingerprint density at radius 1 is 1.38 bits per heavy atom. The van der Waals surface area contributed by atoms with E-state index in [0.29, 0.717) is 11.3 Å². The smallest absolute Gasteiger partial charge is 0.352 e. The van der Waals surface area contributed by atoms with Gasteiger partial charge in [-0.1, -0.05) is 10.3 Å². The molecule has 2 atom stereocenters. The van der Waals surface area contributed by atoms with Crippen molar-refractivity contribution >= 4 is 47.2 Å². The molecule has 17 heteroatoms. The summed E-state index contributed by atoms with van der Waals surface area (Å²) in [4.78, 5) is 63.2. The molecule has 0 aliphatic carbocycles. The Bertz CT molecular complexity index is 1280. The molecule has 0 aromatic carbocycles. The van der Waals surface area contributed by atoms with Gasteiger partial charge in [0.05, 0.1) is 19.0 Å². The average molecular weight is 534 g/mol. The first-order valence-electron chi connectivity index (χ1n) is 10.7. The standard InChI is InChI=1S/C20H20N8O8S/c1-2-34-11(29)8-35-25-12(15-24-20(21)36-26-15)16(30)23-13-17(31)28-14(19(32)33)10(9-37-18(13)28)7-27-5-3-22-4-6-27/h3-6,13,18H,2,7-9H2,1H3,(H3-,21,23,24,26,30,32,33)/p+1/b25-12+/t13?,18-/m1/s1. The number of nitrogen functional groups attached to an aromatic ring is 1. The number of carbonyl (C=O) groups is 4. The molecule has 0 bridgehead atoms. The van der Waals surface area contributed by atoms with E-state index in [0.717, 1.165) is 4.90 Å². The van der Waals surface area contributed by atoms with E-state index in [1.165, 1.54) is 11.8 Å². The van der Waals surface area contributed by atoms with Gasteiger partial charge in [-0.15, -0.1) is 11.8 Å². The highest BCUT2D eigenvalue weighted by molar-refractivity contribution is 8.00. The molecule has 194 valence electrons. The maximum absolute atomic E-state index is 13.0. The Kier molecular flexibility index (Phi) is 7.61. The third-order valence-corrected chi connectivity index (χ3v) is 6.45. The number of anilines is 1. The zero-order chi connectivity index (χ0) is 26.5. The van der Waals surface area contributed by atoms with Crippen LogP contribution in [0, 0.1) is 0 Å². The third kappa shape index (κ3) is 5.50. The van der Waals surface area contributed by atoms with Crippen LogP contribution in [0.15, 0.2) is 45.7 Å². The van der Waals surface area contributed by atoms with Crippen molar-refractivity contribution in [2.45, 2.75) is 24.9 Å². The quantitative estimate of drug-likeness (QED) is 0.0996. The van der Waals surface area contributed by atoms with Gasteiger partial charge in [0.2, 0.25) is 18.1 Å². The highest BCUT2D eigenvalue weighted by atomic mass is 32.2. The van der Waals surface area contributed by atoms with E-state index in [4.69, 9.17) is 15.3 Å². The monoisotopic (exact) mass is 533 g/mol. The van der Waals surface area contributed by atoms with Gasteiger partial charge in [0.15, 0.2) is 18.9 Å². The number of hydrogen-bond donors (Lipinski definition) is 3. The van der Waals surface area contributed by atoms with Crippen molar-refractivity contribution in [3.05, 3.63) is 41.9 Å². The number of β-lactam (4-membered cyclic amide) rings is 1. The summed E-state index contributed by atoms with van der Waals surface area (Å²) in [5.41, 5.74) is 5.30. The van der Waals surface area contributed by atoms with E-state index in [1.807, 2.05) is 0 Å². The lowest BCUT2D eigenvalue weighted by Gasteiger charge is -2.49. The summed E-state index contributed by atoms with van der Waals surface area (Å²) < 4.78 is 11.1. The molecule has 0 radical (unpaired) electrons. The Hall–Kier alpha value is -4.54. The maximum Gasteiger partial charge on any atom is 0.352 e. The SMILES string of the molecule is CCOC(=O)CO/N=C(/C(=O)NC1C(=O)N2C(C(=O)O)=C(C[n+]3ccncc3)CS[C@H]12)c1noc(N)n1. The fourth-order valence-electron chi connectivity index (χ4n) is 3.56. The molecule has 2 amide bonds. The molecular weight excluding hydrogens is 512 g/mol. The number of esters is 1. The lowest BCUT2D eigenvalue weighted by molar-refractivity contribution is -0.689. The minimum Gasteiger partial charge on any atom is -0.477 e. The van der Waals surface area contributed by atoms with Crippen LogP contribution in [0.25, 0.3) is 0 Å². The molecule has 0 spiro atoms. The number of carbonyl (C=O) groups excluding carboxylic acids is 3. The predicted octanol–water partition coefficient (Wildman–Crippen LogP) is -1.94. The largest absolute Gasteiger partial charge is 0.477 e. The van der Waals surface area contributed by atoms with Crippen LogP contribution in [0.4, 0.5) is 6.01 Å². The second-order valence-corrected chi connectivity index (χ2v) is 8.62. The van der Waals surface area contributed by atoms with Crippen LogP contribution < -0.4 is 15.6 Å². The van der Waals surface area contributed by atoms with Crippen LogP contribution in [0.5, 0.6) is 0 Å². The number of nitrogens with one attached hydrogen (secondary N) is 1. The van der Waals surface area contributed by atoms with E-state index in [-0.39, 0.29) is 30.7 Å². The van der Waals surface area contributed by atoms with E-state index in [2.05, 4.69) is 30.1 Å². The first kappa shape index (κ1) is 25.5. The Morgan fingerprint density at radius 2 is 2.14 bits per heavy atom. The molecule has 2 aliphatic rings. The number of carboxylic acid groups (broad SMARTS) is 1. The topological polar surface area (TPSA) is 216 Å². The van der Waals surface area contributed by atoms with Crippen LogP contribution in [0.1, 0.15) is 12.7 Å². The number of oxime groups is 1. The van der Waals surface area contributed by atoms with E-state index >= 15 is 0 Å². The molecule has 2 aliphatic heterocycles. The number of ether oxygens (including phenoxy) is 1. The Labute approximate surface area is 212 Å². The normalized spacial score (nSPS) is 19.1. The number of aromatic nitrogens is 4. The van der Waals surface area contributed by atoms with E-state index in [9.17, 15) is 24.3 Å². The third-order valence-electron chi connectivity index (χ3n) is 5.11. The van der Waals surface area contributed by atoms with Gasteiger partial charge in [0.25, 0.3) is 11.8 Å². The fourth-order valence-corrected chi connectivity index (χ4v) is 4.89. The molecule has 16 nitrogen and oxygen atoms in total. The van der Waals surface area contributed by atoms with E-state index < -0.39 is 47.5 Å². The predicted molar refractivity (Wildman–Crippen MR) is 122 cm³/mol. The lowest BCUT2D eigenvalue weighted by Crippen LogP contribution is -2.71. The molecular formula is C20H21N8O8S+. The Morgan fingerprint density at radius 3 is 2.78 bits per heavy atom. The van der Waals surface area contributed by atoms with Crippen molar-refractivity contribution in [3.63, 3.8) is 0 Å². The van der Waals surface area contributed by atoms with Crippen molar-refractivity contribution in [2.75, 3.05) is 24.7 Å². The van der Waals surface area contributed by atoms with Crippen LogP contribution in [0.2, 0.25) is 0 Å². The summed E-state index contributed by atoms with van der Waals surface area (Å²) in [7, 11) is 0. The van der Waals surface area contributed by atoms with Crippen LogP contribution in [-0.2, 0) is 35.3 Å². The van der Waals surface area contributed by atoms with Gasteiger partial charge < -0.3 is 30.3 Å². The molecule has 1 unspecified atom stereocenters. The van der Waals surface area contributed by atoms with Crippen molar-refractivity contribution < 1.29 is 42.9 Å². The second kappa shape index (κ2) is 11.0. The van der Waals surface area contributed by atoms with Crippen molar-refractivity contribution in [2.24, 2.45) is 5.16 Å². The minimum atomic E-state index is -1.26. The van der Waals surface area contributed by atoms with Gasteiger partial charge in [0.1, 0.15) is 17.1 Å². The number of hydrogen-bond acceptors (Lipinski definition) is 13. The van der Waals surface area contributed by atoms with Gasteiger partial charge in [0, 0.05) is 11.3 Å². The molecule has 4 N–H and O–H groups in total. The minimum absolute atomic E-state index is 0.121. The van der Waals surface area contributed by atoms with Crippen molar-refractivity contribution in [1.29, 1.82) is 0 Å². The molecule has 2 aromatic heterocycles. The number of thioether (sulfide) groups is 1. The first-order valence-corrected chi connectivity index (χ1v) is 11.8. The molecule has 37 heavy (non-hydrogen) atoms. The Balaban J connectivity index is 1.50. The summed E-state index contributed by atoms with van der Waals surface area (Å²) in [5, 5.41) is 18.8.